The summed E-state index contributed by atoms with van der Waals surface area (Å²) < 4.78 is 17.2. The van der Waals surface area contributed by atoms with Crippen LogP contribution >= 0.6 is 11.3 Å². The van der Waals surface area contributed by atoms with Crippen LogP contribution in [0.15, 0.2) is 36.4 Å². The first-order valence-electron chi connectivity index (χ1n) is 8.14. The van der Waals surface area contributed by atoms with E-state index >= 15 is 0 Å². The van der Waals surface area contributed by atoms with Crippen LogP contribution in [0, 0.1) is 0 Å². The number of nitrogens with zero attached hydrogens (tertiary/aromatic N) is 1. The first-order valence-corrected chi connectivity index (χ1v) is 8.96. The third kappa shape index (κ3) is 3.88. The molecule has 6 nitrogen and oxygen atoms in total. The number of ether oxygens (including phenoxy) is 3. The van der Waals surface area contributed by atoms with Gasteiger partial charge in [-0.1, -0.05) is 12.1 Å². The summed E-state index contributed by atoms with van der Waals surface area (Å²) in [6.45, 7) is 0. The van der Waals surface area contributed by atoms with Crippen LogP contribution in [0.3, 0.4) is 0 Å². The molecule has 0 bridgehead atoms. The second-order valence-corrected chi connectivity index (χ2v) is 6.68. The van der Waals surface area contributed by atoms with E-state index in [4.69, 9.17) is 14.2 Å². The molecular weight excluding hydrogens is 366 g/mol. The number of para-hydroxylation sites is 1. The van der Waals surface area contributed by atoms with Crippen molar-refractivity contribution < 1.29 is 24.1 Å². The Kier molecular flexibility index (Phi) is 5.61. The van der Waals surface area contributed by atoms with Crippen LogP contribution in [-0.2, 0) is 4.79 Å². The van der Waals surface area contributed by atoms with E-state index in [0.717, 1.165) is 10.2 Å². The van der Waals surface area contributed by atoms with Gasteiger partial charge in [0.15, 0.2) is 11.5 Å². The van der Waals surface area contributed by atoms with E-state index in [1.54, 1.807) is 25.3 Å². The molecule has 0 fully saturated rings. The standard InChI is InChI=1S/C20H19NO5S/c1-24-15-9-8-12(18(25-2)19(15)26-3)10-13(11-17(22)23)20-21-14-6-4-5-7-16(14)27-20/h4-10H,11H2,1-3H3,(H,22,23)/b13-10-. The summed E-state index contributed by atoms with van der Waals surface area (Å²) in [6, 6.07) is 11.3. The maximum atomic E-state index is 11.4. The zero-order valence-corrected chi connectivity index (χ0v) is 16.0. The van der Waals surface area contributed by atoms with E-state index in [-0.39, 0.29) is 6.42 Å². The molecular formula is C20H19NO5S. The SMILES string of the molecule is COc1ccc(/C=C(/CC(=O)O)c2nc3ccccc3s2)c(OC)c1OC. The van der Waals surface area contributed by atoms with Crippen molar-refractivity contribution in [2.45, 2.75) is 6.42 Å². The van der Waals surface area contributed by atoms with Crippen molar-refractivity contribution in [1.29, 1.82) is 0 Å². The summed E-state index contributed by atoms with van der Waals surface area (Å²) in [5.74, 6) is 0.528. The molecule has 0 saturated carbocycles. The first-order chi connectivity index (χ1) is 13.1. The number of aliphatic carboxylic acids is 1. The predicted octanol–water partition coefficient (Wildman–Crippen LogP) is 4.34. The summed E-state index contributed by atoms with van der Waals surface area (Å²) >= 11 is 1.46. The molecule has 0 amide bonds. The van der Waals surface area contributed by atoms with Crippen LogP contribution in [-0.4, -0.2) is 37.4 Å². The molecule has 0 atom stereocenters. The minimum Gasteiger partial charge on any atom is -0.493 e. The number of rotatable bonds is 7. The van der Waals surface area contributed by atoms with Crippen LogP contribution in [0.5, 0.6) is 17.2 Å². The minimum atomic E-state index is -0.931. The monoisotopic (exact) mass is 385 g/mol. The Balaban J connectivity index is 2.15. The number of methoxy groups -OCH3 is 3. The summed E-state index contributed by atoms with van der Waals surface area (Å²) in [4.78, 5) is 16.0. The van der Waals surface area contributed by atoms with Gasteiger partial charge in [0.25, 0.3) is 0 Å². The van der Waals surface area contributed by atoms with Crippen LogP contribution in [0.4, 0.5) is 0 Å². The Morgan fingerprint density at radius 3 is 2.44 bits per heavy atom. The summed E-state index contributed by atoms with van der Waals surface area (Å²) in [5, 5.41) is 10.0. The van der Waals surface area contributed by atoms with Crippen molar-refractivity contribution in [2.75, 3.05) is 21.3 Å². The minimum absolute atomic E-state index is 0.155. The fraction of sp³-hybridized carbons (Fsp3) is 0.200. The highest BCUT2D eigenvalue weighted by atomic mass is 32.1. The zero-order chi connectivity index (χ0) is 19.4. The molecule has 7 heteroatoms. The molecule has 0 aliphatic carbocycles. The number of hydrogen-bond donors (Lipinski definition) is 1. The first kappa shape index (κ1) is 18.7. The molecule has 1 heterocycles. The molecule has 0 aliphatic rings. The molecule has 0 unspecified atom stereocenters. The zero-order valence-electron chi connectivity index (χ0n) is 15.2. The van der Waals surface area contributed by atoms with Crippen LogP contribution < -0.4 is 14.2 Å². The number of aromatic nitrogens is 1. The van der Waals surface area contributed by atoms with Gasteiger partial charge in [-0.15, -0.1) is 11.3 Å². The predicted molar refractivity (Wildman–Crippen MR) is 106 cm³/mol. The Morgan fingerprint density at radius 1 is 1.07 bits per heavy atom. The van der Waals surface area contributed by atoms with Gasteiger partial charge in [0.1, 0.15) is 5.01 Å². The molecule has 1 N–H and O–H groups in total. The molecule has 0 aliphatic heterocycles. The maximum absolute atomic E-state index is 11.4. The van der Waals surface area contributed by atoms with E-state index in [0.29, 0.717) is 33.4 Å². The number of thiazole rings is 1. The third-order valence-corrected chi connectivity index (χ3v) is 5.09. The van der Waals surface area contributed by atoms with E-state index in [1.807, 2.05) is 24.3 Å². The number of carboxylic acid groups (broad SMARTS) is 1. The Labute approximate surface area is 160 Å². The highest BCUT2D eigenvalue weighted by Crippen LogP contribution is 2.41. The topological polar surface area (TPSA) is 77.9 Å². The van der Waals surface area contributed by atoms with Crippen molar-refractivity contribution in [2.24, 2.45) is 0 Å². The van der Waals surface area contributed by atoms with Gasteiger partial charge in [-0.25, -0.2) is 4.98 Å². The quantitative estimate of drug-likeness (QED) is 0.652. The van der Waals surface area contributed by atoms with Crippen LogP contribution in [0.25, 0.3) is 21.9 Å². The fourth-order valence-electron chi connectivity index (χ4n) is 2.79. The molecule has 0 saturated heterocycles. The largest absolute Gasteiger partial charge is 0.493 e. The molecule has 140 valence electrons. The van der Waals surface area contributed by atoms with Gasteiger partial charge in [0.05, 0.1) is 38.0 Å². The number of benzene rings is 2. The lowest BCUT2D eigenvalue weighted by atomic mass is 10.1. The van der Waals surface area contributed by atoms with Crippen molar-refractivity contribution in [3.05, 3.63) is 47.0 Å². The van der Waals surface area contributed by atoms with Gasteiger partial charge in [-0.05, 0) is 35.9 Å². The second kappa shape index (κ2) is 8.09. The number of carbonyl (C=O) groups is 1. The van der Waals surface area contributed by atoms with Gasteiger partial charge in [0.2, 0.25) is 5.75 Å². The Hall–Kier alpha value is -3.06. The Bertz CT molecular complexity index is 976. The van der Waals surface area contributed by atoms with E-state index in [1.165, 1.54) is 25.6 Å². The molecule has 0 spiro atoms. The molecule has 27 heavy (non-hydrogen) atoms. The fourth-order valence-corrected chi connectivity index (χ4v) is 3.77. The smallest absolute Gasteiger partial charge is 0.307 e. The van der Waals surface area contributed by atoms with Crippen LogP contribution in [0.1, 0.15) is 17.0 Å². The molecule has 2 aromatic carbocycles. The van der Waals surface area contributed by atoms with E-state index in [2.05, 4.69) is 4.98 Å². The Morgan fingerprint density at radius 2 is 1.81 bits per heavy atom. The third-order valence-electron chi connectivity index (χ3n) is 3.97. The highest BCUT2D eigenvalue weighted by Gasteiger charge is 2.18. The average Bonchev–Trinajstić information content (AvgIpc) is 3.10. The molecule has 3 aromatic rings. The van der Waals surface area contributed by atoms with Gasteiger partial charge >= 0.3 is 5.97 Å². The van der Waals surface area contributed by atoms with Crippen molar-refractivity contribution in [3.8, 4) is 17.2 Å². The van der Waals surface area contributed by atoms with Gasteiger partial charge in [0, 0.05) is 5.56 Å². The molecule has 3 rings (SSSR count). The lowest BCUT2D eigenvalue weighted by molar-refractivity contribution is -0.135. The van der Waals surface area contributed by atoms with Crippen LogP contribution in [0.2, 0.25) is 0 Å². The lowest BCUT2D eigenvalue weighted by Crippen LogP contribution is -1.99. The van der Waals surface area contributed by atoms with Gasteiger partial charge in [-0.2, -0.15) is 0 Å². The molecule has 1 aromatic heterocycles. The van der Waals surface area contributed by atoms with E-state index in [9.17, 15) is 9.90 Å². The molecule has 0 radical (unpaired) electrons. The average molecular weight is 385 g/mol. The highest BCUT2D eigenvalue weighted by molar-refractivity contribution is 7.19. The van der Waals surface area contributed by atoms with Crippen molar-refractivity contribution in [3.63, 3.8) is 0 Å². The van der Waals surface area contributed by atoms with E-state index < -0.39 is 5.97 Å². The second-order valence-electron chi connectivity index (χ2n) is 5.65. The summed E-state index contributed by atoms with van der Waals surface area (Å²) in [6.07, 6.45) is 1.62. The van der Waals surface area contributed by atoms with Gasteiger partial charge in [-0.3, -0.25) is 4.79 Å². The number of fused-ring (bicyclic) bond motifs is 1. The number of carboxylic acids is 1. The van der Waals surface area contributed by atoms with Crippen molar-refractivity contribution in [1.82, 2.24) is 4.98 Å². The maximum Gasteiger partial charge on any atom is 0.307 e. The van der Waals surface area contributed by atoms with Crippen molar-refractivity contribution >= 4 is 39.2 Å². The van der Waals surface area contributed by atoms with Gasteiger partial charge < -0.3 is 19.3 Å². The number of hydrogen-bond acceptors (Lipinski definition) is 6. The summed E-state index contributed by atoms with van der Waals surface area (Å²) in [7, 11) is 4.60. The normalized spacial score (nSPS) is 11.4. The lowest BCUT2D eigenvalue weighted by Gasteiger charge is -2.14. The summed E-state index contributed by atoms with van der Waals surface area (Å²) in [5.41, 5.74) is 2.12.